The number of carbonyl (C=O) groups excluding carboxylic acids is 2. The molecule has 0 spiro atoms. The van der Waals surface area contributed by atoms with Crippen LogP contribution in [0.4, 0.5) is 11.4 Å². The molecular weight excluding hydrogens is 486 g/mol. The molecule has 2 aliphatic heterocycles. The van der Waals surface area contributed by atoms with Crippen LogP contribution in [-0.4, -0.2) is 67.2 Å². The van der Waals surface area contributed by atoms with Crippen LogP contribution in [0.5, 0.6) is 5.75 Å². The first-order valence-corrected chi connectivity index (χ1v) is 12.8. The summed E-state index contributed by atoms with van der Waals surface area (Å²) in [7, 11) is 3.43. The zero-order valence-corrected chi connectivity index (χ0v) is 22.0. The molecule has 5 rings (SSSR count). The molecule has 0 radical (unpaired) electrons. The molecule has 0 saturated carbocycles. The van der Waals surface area contributed by atoms with Gasteiger partial charge in [0.2, 0.25) is 0 Å². The fourth-order valence-corrected chi connectivity index (χ4v) is 5.20. The molecule has 200 valence electrons. The van der Waals surface area contributed by atoms with E-state index >= 15 is 0 Å². The first-order valence-electron chi connectivity index (χ1n) is 12.8. The summed E-state index contributed by atoms with van der Waals surface area (Å²) in [6.07, 6.45) is 1.48. The van der Waals surface area contributed by atoms with Gasteiger partial charge in [0.15, 0.2) is 6.61 Å². The lowest BCUT2D eigenvalue weighted by Gasteiger charge is -2.31. The van der Waals surface area contributed by atoms with E-state index in [0.717, 1.165) is 30.8 Å². The second kappa shape index (κ2) is 10.7. The van der Waals surface area contributed by atoms with Crippen LogP contribution in [0.3, 0.4) is 0 Å². The van der Waals surface area contributed by atoms with Crippen molar-refractivity contribution in [2.75, 3.05) is 49.8 Å². The second-order valence-corrected chi connectivity index (χ2v) is 9.67. The molecule has 1 atom stereocenters. The Kier molecular flexibility index (Phi) is 7.24. The van der Waals surface area contributed by atoms with Crippen LogP contribution in [0, 0.1) is 6.92 Å². The summed E-state index contributed by atoms with van der Waals surface area (Å²) in [5, 5.41) is 3.07. The van der Waals surface area contributed by atoms with Crippen LogP contribution in [0.25, 0.3) is 5.69 Å². The number of nitrogens with one attached hydrogen (secondary N) is 1. The molecular formula is C28H33N5O5. The minimum atomic E-state index is -0.363. The zero-order valence-electron chi connectivity index (χ0n) is 22.0. The van der Waals surface area contributed by atoms with Crippen molar-refractivity contribution in [2.24, 2.45) is 7.05 Å². The lowest BCUT2D eigenvalue weighted by atomic mass is 10.2. The smallest absolute Gasteiger partial charge is 0.284 e. The highest BCUT2D eigenvalue weighted by Crippen LogP contribution is 2.36. The highest BCUT2D eigenvalue weighted by molar-refractivity contribution is 5.98. The number of fused-ring (bicyclic) bond motifs is 1. The van der Waals surface area contributed by atoms with Crippen molar-refractivity contribution >= 4 is 23.2 Å². The van der Waals surface area contributed by atoms with Gasteiger partial charge >= 0.3 is 0 Å². The highest BCUT2D eigenvalue weighted by atomic mass is 16.5. The van der Waals surface area contributed by atoms with Crippen molar-refractivity contribution in [3.8, 4) is 11.4 Å². The monoisotopic (exact) mass is 519 g/mol. The molecule has 0 bridgehead atoms. The fraction of sp³-hybridized carbons (Fsp3) is 0.393. The minimum absolute atomic E-state index is 0.0298. The summed E-state index contributed by atoms with van der Waals surface area (Å²) in [6.45, 7) is 4.28. The Labute approximate surface area is 221 Å². The number of carbonyl (C=O) groups is 2. The van der Waals surface area contributed by atoms with Crippen LogP contribution >= 0.6 is 0 Å². The van der Waals surface area contributed by atoms with E-state index in [2.05, 4.69) is 10.2 Å². The third-order valence-corrected chi connectivity index (χ3v) is 7.29. The predicted molar refractivity (Wildman–Crippen MR) is 145 cm³/mol. The van der Waals surface area contributed by atoms with Gasteiger partial charge in [0.05, 0.1) is 17.1 Å². The number of nitrogens with zero attached hydrogens (tertiary/aromatic N) is 4. The minimum Gasteiger partial charge on any atom is -0.482 e. The Morgan fingerprint density at radius 1 is 1.13 bits per heavy atom. The summed E-state index contributed by atoms with van der Waals surface area (Å²) < 4.78 is 14.0. The van der Waals surface area contributed by atoms with Crippen molar-refractivity contribution in [1.29, 1.82) is 0 Å². The molecule has 1 N–H and O–H groups in total. The van der Waals surface area contributed by atoms with Crippen molar-refractivity contribution in [1.82, 2.24) is 14.7 Å². The topological polar surface area (TPSA) is 98.0 Å². The molecule has 10 nitrogen and oxygen atoms in total. The van der Waals surface area contributed by atoms with E-state index in [1.54, 1.807) is 30.7 Å². The molecule has 1 saturated heterocycles. The van der Waals surface area contributed by atoms with Gasteiger partial charge in [0, 0.05) is 52.1 Å². The zero-order chi connectivity index (χ0) is 26.8. The largest absolute Gasteiger partial charge is 0.482 e. The molecule has 38 heavy (non-hydrogen) atoms. The van der Waals surface area contributed by atoms with Crippen molar-refractivity contribution in [2.45, 2.75) is 25.8 Å². The number of hydrogen-bond acceptors (Lipinski definition) is 6. The fourth-order valence-electron chi connectivity index (χ4n) is 5.20. The quantitative estimate of drug-likeness (QED) is 0.459. The number of hydrogen-bond donors (Lipinski definition) is 1. The Morgan fingerprint density at radius 2 is 1.92 bits per heavy atom. The van der Waals surface area contributed by atoms with Gasteiger partial charge in [-0.15, -0.1) is 0 Å². The van der Waals surface area contributed by atoms with E-state index in [9.17, 15) is 14.4 Å². The molecule has 2 amide bonds. The van der Waals surface area contributed by atoms with Crippen molar-refractivity contribution in [3.05, 3.63) is 70.1 Å². The first-order chi connectivity index (χ1) is 18.4. The van der Waals surface area contributed by atoms with Gasteiger partial charge in [-0.25, -0.2) is 4.68 Å². The molecule has 3 aromatic rings. The standard InChI is InChI=1S/C28H33N5O5/c1-19-26(28(36)33(30(19)2)21-8-5-4-6-9-21)27(35)29-20-12-14-31(17-20)22-10-11-24-23(16-22)32(13-7-15-37-3)25(34)18-38-24/h4-6,8-11,16,20H,7,12-15,17-18H2,1-3H3,(H,29,35)/t20-/m0/s1. The number of methoxy groups -OCH3 is 1. The third-order valence-electron chi connectivity index (χ3n) is 7.29. The third kappa shape index (κ3) is 4.79. The van der Waals surface area contributed by atoms with E-state index in [0.29, 0.717) is 36.8 Å². The van der Waals surface area contributed by atoms with Gasteiger partial charge < -0.3 is 24.6 Å². The lowest BCUT2D eigenvalue weighted by Crippen LogP contribution is -2.40. The molecule has 3 heterocycles. The van der Waals surface area contributed by atoms with Gasteiger partial charge in [-0.05, 0) is 50.1 Å². The van der Waals surface area contributed by atoms with Crippen LogP contribution in [0.15, 0.2) is 53.3 Å². The van der Waals surface area contributed by atoms with E-state index in [-0.39, 0.29) is 35.6 Å². The Balaban J connectivity index is 1.30. The number of rotatable bonds is 8. The SMILES string of the molecule is COCCCN1C(=O)COc2ccc(N3CC[C@H](NC(=O)c4c(C)n(C)n(-c5ccccc5)c4=O)C3)cc21. The molecule has 10 heteroatoms. The van der Waals surface area contributed by atoms with Crippen LogP contribution in [0.2, 0.25) is 0 Å². The summed E-state index contributed by atoms with van der Waals surface area (Å²) in [6, 6.07) is 15.0. The molecule has 1 aromatic heterocycles. The van der Waals surface area contributed by atoms with Crippen LogP contribution < -0.4 is 25.4 Å². The van der Waals surface area contributed by atoms with Crippen LogP contribution in [0.1, 0.15) is 28.9 Å². The van der Waals surface area contributed by atoms with E-state index in [4.69, 9.17) is 9.47 Å². The number of anilines is 2. The number of ether oxygens (including phenoxy) is 2. The Bertz CT molecular complexity index is 1400. The second-order valence-electron chi connectivity index (χ2n) is 9.67. The number of benzene rings is 2. The maximum Gasteiger partial charge on any atom is 0.284 e. The van der Waals surface area contributed by atoms with Crippen molar-refractivity contribution in [3.63, 3.8) is 0 Å². The Morgan fingerprint density at radius 3 is 2.68 bits per heavy atom. The number of para-hydroxylation sites is 1. The summed E-state index contributed by atoms with van der Waals surface area (Å²) in [4.78, 5) is 42.9. The average Bonchev–Trinajstić information content (AvgIpc) is 3.47. The van der Waals surface area contributed by atoms with Crippen LogP contribution in [-0.2, 0) is 16.6 Å². The Hall–Kier alpha value is -4.05. The van der Waals surface area contributed by atoms with Gasteiger partial charge in [-0.3, -0.25) is 19.1 Å². The van der Waals surface area contributed by atoms with E-state index in [1.165, 1.54) is 4.68 Å². The summed E-state index contributed by atoms with van der Waals surface area (Å²) >= 11 is 0. The maximum absolute atomic E-state index is 13.3. The van der Waals surface area contributed by atoms with Gasteiger partial charge in [-0.1, -0.05) is 18.2 Å². The van der Waals surface area contributed by atoms with Gasteiger partial charge in [0.25, 0.3) is 17.4 Å². The lowest BCUT2D eigenvalue weighted by molar-refractivity contribution is -0.121. The normalized spacial score (nSPS) is 16.9. The van der Waals surface area contributed by atoms with Crippen molar-refractivity contribution < 1.29 is 19.1 Å². The van der Waals surface area contributed by atoms with E-state index < -0.39 is 0 Å². The van der Waals surface area contributed by atoms with E-state index in [1.807, 2.05) is 48.5 Å². The van der Waals surface area contributed by atoms with Gasteiger partial charge in [0.1, 0.15) is 11.3 Å². The molecule has 2 aromatic carbocycles. The molecule has 0 aliphatic carbocycles. The first kappa shape index (κ1) is 25.6. The maximum atomic E-state index is 13.3. The molecule has 0 unspecified atom stereocenters. The summed E-state index contributed by atoms with van der Waals surface area (Å²) in [5.41, 5.74) is 2.85. The highest BCUT2D eigenvalue weighted by Gasteiger charge is 2.30. The van der Waals surface area contributed by atoms with Gasteiger partial charge in [-0.2, -0.15) is 0 Å². The molecule has 2 aliphatic rings. The predicted octanol–water partition coefficient (Wildman–Crippen LogP) is 2.26. The summed E-state index contributed by atoms with van der Waals surface area (Å²) in [5.74, 6) is 0.249. The number of aromatic nitrogens is 2. The number of amides is 2. The molecule has 1 fully saturated rings. The average molecular weight is 520 g/mol.